The minimum Gasteiger partial charge on any atom is -0.508 e. The molecule has 0 saturated heterocycles. The number of phenols is 1. The Morgan fingerprint density at radius 2 is 2.25 bits per heavy atom. The predicted octanol–water partition coefficient (Wildman–Crippen LogP) is 2.02. The lowest BCUT2D eigenvalue weighted by molar-refractivity contribution is 0.167. The zero-order valence-corrected chi connectivity index (χ0v) is 8.92. The van der Waals surface area contributed by atoms with E-state index in [2.05, 4.69) is 4.98 Å². The van der Waals surface area contributed by atoms with Gasteiger partial charge in [0.2, 0.25) is 0 Å². The summed E-state index contributed by atoms with van der Waals surface area (Å²) in [5.41, 5.74) is 0.916. The first-order valence-corrected chi connectivity index (χ1v) is 5.06. The number of aromatic hydroxyl groups is 1. The smallest absolute Gasteiger partial charge is 0.198 e. The third-order valence-electron chi connectivity index (χ3n) is 2.25. The molecule has 16 heavy (non-hydrogen) atoms. The van der Waals surface area contributed by atoms with Crippen LogP contribution < -0.4 is 0 Å². The molecule has 4 nitrogen and oxygen atoms in total. The largest absolute Gasteiger partial charge is 0.508 e. The van der Waals surface area contributed by atoms with Gasteiger partial charge < -0.3 is 14.6 Å². The molecule has 0 amide bonds. The Morgan fingerprint density at radius 1 is 1.44 bits per heavy atom. The molecule has 1 atom stereocenters. The molecular formula is C12H13NO3. The normalized spacial score (nSPS) is 12.6. The van der Waals surface area contributed by atoms with Crippen molar-refractivity contribution in [2.45, 2.75) is 19.4 Å². The summed E-state index contributed by atoms with van der Waals surface area (Å²) in [5, 5.41) is 18.6. The van der Waals surface area contributed by atoms with Gasteiger partial charge in [-0.3, -0.25) is 0 Å². The molecule has 2 rings (SSSR count). The van der Waals surface area contributed by atoms with Gasteiger partial charge in [0.1, 0.15) is 11.9 Å². The second-order valence-corrected chi connectivity index (χ2v) is 3.68. The summed E-state index contributed by atoms with van der Waals surface area (Å²) in [5.74, 6) is 1.21. The van der Waals surface area contributed by atoms with Gasteiger partial charge in [0.15, 0.2) is 11.7 Å². The SMILES string of the molecule is CC(O)c1cnc(Cc2cccc(O)c2)o1. The van der Waals surface area contributed by atoms with Crippen molar-refractivity contribution in [3.63, 3.8) is 0 Å². The van der Waals surface area contributed by atoms with E-state index in [9.17, 15) is 10.2 Å². The summed E-state index contributed by atoms with van der Waals surface area (Å²) in [6, 6.07) is 6.92. The number of hydrogen-bond donors (Lipinski definition) is 2. The molecule has 0 bridgehead atoms. The zero-order valence-electron chi connectivity index (χ0n) is 8.92. The van der Waals surface area contributed by atoms with Gasteiger partial charge in [0.25, 0.3) is 0 Å². The van der Waals surface area contributed by atoms with Crippen LogP contribution in [0.3, 0.4) is 0 Å². The second kappa shape index (κ2) is 4.37. The molecule has 0 aliphatic rings. The molecule has 1 heterocycles. The molecule has 0 aliphatic heterocycles. The van der Waals surface area contributed by atoms with Crippen LogP contribution in [0.1, 0.15) is 30.2 Å². The lowest BCUT2D eigenvalue weighted by atomic mass is 10.1. The fourth-order valence-corrected chi connectivity index (χ4v) is 1.44. The number of aliphatic hydroxyl groups is 1. The van der Waals surface area contributed by atoms with E-state index in [1.807, 2.05) is 6.07 Å². The fourth-order valence-electron chi connectivity index (χ4n) is 1.44. The molecule has 0 spiro atoms. The number of benzene rings is 1. The van der Waals surface area contributed by atoms with Gasteiger partial charge >= 0.3 is 0 Å². The number of oxazole rings is 1. The molecule has 4 heteroatoms. The number of phenolic OH excluding ortho intramolecular Hbond substituents is 1. The number of nitrogens with zero attached hydrogens (tertiary/aromatic N) is 1. The van der Waals surface area contributed by atoms with Crippen LogP contribution in [0.4, 0.5) is 0 Å². The van der Waals surface area contributed by atoms with Gasteiger partial charge in [-0.25, -0.2) is 4.98 Å². The molecule has 0 fully saturated rings. The van der Waals surface area contributed by atoms with Crippen LogP contribution in [0.5, 0.6) is 5.75 Å². The molecule has 1 aromatic carbocycles. The lowest BCUT2D eigenvalue weighted by Gasteiger charge is -1.99. The van der Waals surface area contributed by atoms with E-state index in [0.717, 1.165) is 5.56 Å². The van der Waals surface area contributed by atoms with E-state index in [-0.39, 0.29) is 5.75 Å². The van der Waals surface area contributed by atoms with Crippen LogP contribution in [0, 0.1) is 0 Å². The Labute approximate surface area is 93.2 Å². The average molecular weight is 219 g/mol. The average Bonchev–Trinajstić information content (AvgIpc) is 2.66. The number of aromatic nitrogens is 1. The maximum atomic E-state index is 9.29. The van der Waals surface area contributed by atoms with Gasteiger partial charge in [-0.15, -0.1) is 0 Å². The van der Waals surface area contributed by atoms with E-state index in [1.165, 1.54) is 6.20 Å². The standard InChI is InChI=1S/C12H13NO3/c1-8(14)11-7-13-12(16-11)6-9-3-2-4-10(15)5-9/h2-5,7-8,14-15H,6H2,1H3. The van der Waals surface area contributed by atoms with Crippen molar-refractivity contribution in [3.8, 4) is 5.75 Å². The van der Waals surface area contributed by atoms with Crippen molar-refractivity contribution < 1.29 is 14.6 Å². The van der Waals surface area contributed by atoms with Gasteiger partial charge in [-0.2, -0.15) is 0 Å². The lowest BCUT2D eigenvalue weighted by Crippen LogP contribution is -1.88. The molecule has 1 aromatic heterocycles. The first kappa shape index (κ1) is 10.7. The van der Waals surface area contributed by atoms with Gasteiger partial charge in [0, 0.05) is 6.42 Å². The van der Waals surface area contributed by atoms with Gasteiger partial charge in [-0.05, 0) is 24.6 Å². The van der Waals surface area contributed by atoms with Gasteiger partial charge in [-0.1, -0.05) is 12.1 Å². The van der Waals surface area contributed by atoms with Crippen molar-refractivity contribution in [1.29, 1.82) is 0 Å². The van der Waals surface area contributed by atoms with E-state index in [4.69, 9.17) is 4.42 Å². The monoisotopic (exact) mass is 219 g/mol. The highest BCUT2D eigenvalue weighted by Crippen LogP contribution is 2.17. The first-order valence-electron chi connectivity index (χ1n) is 5.06. The topological polar surface area (TPSA) is 66.5 Å². The summed E-state index contributed by atoms with van der Waals surface area (Å²) in [7, 11) is 0. The minimum atomic E-state index is -0.648. The highest BCUT2D eigenvalue weighted by atomic mass is 16.4. The van der Waals surface area contributed by atoms with Crippen molar-refractivity contribution in [3.05, 3.63) is 47.7 Å². The Kier molecular flexibility index (Phi) is 2.92. The molecule has 2 N–H and O–H groups in total. The third kappa shape index (κ3) is 2.41. The zero-order chi connectivity index (χ0) is 11.5. The summed E-state index contributed by atoms with van der Waals surface area (Å²) >= 11 is 0. The van der Waals surface area contributed by atoms with Crippen molar-refractivity contribution in [2.24, 2.45) is 0 Å². The molecule has 84 valence electrons. The number of hydrogen-bond acceptors (Lipinski definition) is 4. The molecule has 1 unspecified atom stereocenters. The molecule has 2 aromatic rings. The van der Waals surface area contributed by atoms with Crippen molar-refractivity contribution >= 4 is 0 Å². The van der Waals surface area contributed by atoms with Crippen molar-refractivity contribution in [1.82, 2.24) is 4.98 Å². The van der Waals surface area contributed by atoms with Crippen LogP contribution in [-0.2, 0) is 6.42 Å². The maximum Gasteiger partial charge on any atom is 0.198 e. The number of aliphatic hydroxyl groups excluding tert-OH is 1. The Bertz CT molecular complexity index is 477. The van der Waals surface area contributed by atoms with Crippen molar-refractivity contribution in [2.75, 3.05) is 0 Å². The molecule has 0 radical (unpaired) electrons. The fraction of sp³-hybridized carbons (Fsp3) is 0.250. The third-order valence-corrected chi connectivity index (χ3v) is 2.25. The summed E-state index contributed by atoms with van der Waals surface area (Å²) in [6.45, 7) is 1.62. The van der Waals surface area contributed by atoms with Crippen LogP contribution >= 0.6 is 0 Å². The summed E-state index contributed by atoms with van der Waals surface area (Å²) in [6.07, 6.45) is 1.37. The first-order chi connectivity index (χ1) is 7.65. The molecule has 0 aliphatic carbocycles. The Morgan fingerprint density at radius 3 is 2.88 bits per heavy atom. The minimum absolute atomic E-state index is 0.222. The Hall–Kier alpha value is -1.81. The highest BCUT2D eigenvalue weighted by molar-refractivity contribution is 5.28. The number of rotatable bonds is 3. The van der Waals surface area contributed by atoms with Crippen LogP contribution in [0.15, 0.2) is 34.9 Å². The summed E-state index contributed by atoms with van der Waals surface area (Å²) in [4.78, 5) is 4.05. The van der Waals surface area contributed by atoms with Gasteiger partial charge in [0.05, 0.1) is 6.20 Å². The summed E-state index contributed by atoms with van der Waals surface area (Å²) < 4.78 is 5.35. The quantitative estimate of drug-likeness (QED) is 0.828. The molecule has 0 saturated carbocycles. The second-order valence-electron chi connectivity index (χ2n) is 3.68. The maximum absolute atomic E-state index is 9.29. The predicted molar refractivity (Wildman–Crippen MR) is 58.0 cm³/mol. The Balaban J connectivity index is 2.14. The van der Waals surface area contributed by atoms with Crippen LogP contribution in [0.2, 0.25) is 0 Å². The highest BCUT2D eigenvalue weighted by Gasteiger charge is 2.09. The van der Waals surface area contributed by atoms with E-state index in [1.54, 1.807) is 25.1 Å². The van der Waals surface area contributed by atoms with Crippen LogP contribution in [0.25, 0.3) is 0 Å². The van der Waals surface area contributed by atoms with E-state index in [0.29, 0.717) is 18.1 Å². The van der Waals surface area contributed by atoms with E-state index >= 15 is 0 Å². The van der Waals surface area contributed by atoms with E-state index < -0.39 is 6.10 Å². The van der Waals surface area contributed by atoms with Crippen LogP contribution in [-0.4, -0.2) is 15.2 Å². The molecular weight excluding hydrogens is 206 g/mol.